The largest absolute Gasteiger partial charge is 0.394 e. The molecule has 0 atom stereocenters. The number of anilines is 2. The fourth-order valence-electron chi connectivity index (χ4n) is 1.12. The van der Waals surface area contributed by atoms with E-state index in [1.54, 1.807) is 6.92 Å². The highest BCUT2D eigenvalue weighted by Gasteiger charge is 2.23. The van der Waals surface area contributed by atoms with Gasteiger partial charge in [0.25, 0.3) is 0 Å². The number of rotatable bonds is 7. The summed E-state index contributed by atoms with van der Waals surface area (Å²) in [6.07, 6.45) is 0.928. The lowest BCUT2D eigenvalue weighted by Crippen LogP contribution is -2.43. The van der Waals surface area contributed by atoms with Crippen molar-refractivity contribution in [3.05, 3.63) is 5.28 Å². The lowest BCUT2D eigenvalue weighted by Gasteiger charge is -2.26. The third-order valence-corrected chi connectivity index (χ3v) is 2.42. The molecule has 0 aliphatic rings. The molecule has 0 aliphatic carbocycles. The summed E-state index contributed by atoms with van der Waals surface area (Å²) in [5, 5.41) is 24.2. The molecule has 0 amide bonds. The zero-order chi connectivity index (χ0) is 13.6. The molecule has 0 radical (unpaired) electrons. The number of nitrogens with one attached hydrogen (secondary N) is 2. The second-order valence-corrected chi connectivity index (χ2v) is 4.52. The van der Waals surface area contributed by atoms with Gasteiger partial charge in [0.05, 0.1) is 18.8 Å². The highest BCUT2D eigenvalue weighted by Crippen LogP contribution is 2.14. The Hall–Kier alpha value is -1.18. The molecule has 8 heteroatoms. The van der Waals surface area contributed by atoms with Crippen LogP contribution in [-0.4, -0.2) is 50.5 Å². The Morgan fingerprint density at radius 2 is 1.78 bits per heavy atom. The van der Waals surface area contributed by atoms with E-state index < -0.39 is 5.54 Å². The van der Waals surface area contributed by atoms with Crippen molar-refractivity contribution in [1.82, 2.24) is 15.0 Å². The SMILES string of the molecule is CCCNc1nc(Cl)nc(NC(C)(CO)CO)n1. The van der Waals surface area contributed by atoms with E-state index in [2.05, 4.69) is 25.6 Å². The van der Waals surface area contributed by atoms with E-state index in [9.17, 15) is 10.2 Å². The molecule has 18 heavy (non-hydrogen) atoms. The predicted octanol–water partition coefficient (Wildman–Crippen LogP) is 0.502. The second kappa shape index (κ2) is 6.67. The van der Waals surface area contributed by atoms with Crippen LogP contribution in [0.15, 0.2) is 0 Å². The van der Waals surface area contributed by atoms with Crippen LogP contribution in [0.1, 0.15) is 20.3 Å². The summed E-state index contributed by atoms with van der Waals surface area (Å²) < 4.78 is 0. The maximum absolute atomic E-state index is 9.18. The molecule has 0 spiro atoms. The van der Waals surface area contributed by atoms with Crippen LogP contribution in [0.5, 0.6) is 0 Å². The van der Waals surface area contributed by atoms with Crippen LogP contribution in [0.25, 0.3) is 0 Å². The van der Waals surface area contributed by atoms with Crippen LogP contribution in [0.3, 0.4) is 0 Å². The average molecular weight is 276 g/mol. The van der Waals surface area contributed by atoms with Crippen molar-refractivity contribution in [1.29, 1.82) is 0 Å². The van der Waals surface area contributed by atoms with Crippen molar-refractivity contribution in [2.45, 2.75) is 25.8 Å². The van der Waals surface area contributed by atoms with E-state index in [0.717, 1.165) is 13.0 Å². The van der Waals surface area contributed by atoms with Crippen molar-refractivity contribution in [2.75, 3.05) is 30.4 Å². The minimum atomic E-state index is -0.910. The summed E-state index contributed by atoms with van der Waals surface area (Å²) in [7, 11) is 0. The first-order valence-electron chi connectivity index (χ1n) is 5.68. The van der Waals surface area contributed by atoms with Crippen molar-refractivity contribution in [3.8, 4) is 0 Å². The van der Waals surface area contributed by atoms with Gasteiger partial charge < -0.3 is 20.8 Å². The van der Waals surface area contributed by atoms with Gasteiger partial charge in [0, 0.05) is 6.54 Å². The molecule has 0 aliphatic heterocycles. The van der Waals surface area contributed by atoms with E-state index in [4.69, 9.17) is 11.6 Å². The van der Waals surface area contributed by atoms with Crippen molar-refractivity contribution >= 4 is 23.5 Å². The number of aliphatic hydroxyl groups excluding tert-OH is 2. The molecule has 1 aromatic heterocycles. The normalized spacial score (nSPS) is 11.4. The molecular weight excluding hydrogens is 258 g/mol. The molecular formula is C10H18ClN5O2. The van der Waals surface area contributed by atoms with Gasteiger partial charge >= 0.3 is 0 Å². The van der Waals surface area contributed by atoms with Crippen molar-refractivity contribution < 1.29 is 10.2 Å². The Labute approximate surface area is 111 Å². The van der Waals surface area contributed by atoms with Crippen LogP contribution in [0.4, 0.5) is 11.9 Å². The van der Waals surface area contributed by atoms with E-state index in [-0.39, 0.29) is 24.4 Å². The molecule has 1 aromatic rings. The Bertz CT molecular complexity index is 387. The monoisotopic (exact) mass is 275 g/mol. The topological polar surface area (TPSA) is 103 Å². The van der Waals surface area contributed by atoms with Crippen LogP contribution >= 0.6 is 11.6 Å². The van der Waals surface area contributed by atoms with Crippen LogP contribution < -0.4 is 10.6 Å². The maximum Gasteiger partial charge on any atom is 0.229 e. The van der Waals surface area contributed by atoms with Crippen molar-refractivity contribution in [2.24, 2.45) is 0 Å². The van der Waals surface area contributed by atoms with Crippen molar-refractivity contribution in [3.63, 3.8) is 0 Å². The molecule has 0 fully saturated rings. The second-order valence-electron chi connectivity index (χ2n) is 4.18. The smallest absolute Gasteiger partial charge is 0.229 e. The highest BCUT2D eigenvalue weighted by atomic mass is 35.5. The first-order valence-corrected chi connectivity index (χ1v) is 6.06. The molecule has 0 saturated heterocycles. The van der Waals surface area contributed by atoms with Gasteiger partial charge in [-0.1, -0.05) is 6.92 Å². The first-order chi connectivity index (χ1) is 8.53. The quantitative estimate of drug-likeness (QED) is 0.575. The van der Waals surface area contributed by atoms with Gasteiger partial charge in [-0.05, 0) is 24.9 Å². The van der Waals surface area contributed by atoms with Gasteiger partial charge in [-0.15, -0.1) is 0 Å². The summed E-state index contributed by atoms with van der Waals surface area (Å²) in [6.45, 7) is 3.86. The van der Waals surface area contributed by atoms with Gasteiger partial charge in [0.1, 0.15) is 0 Å². The number of hydrogen-bond donors (Lipinski definition) is 4. The number of aromatic nitrogens is 3. The van der Waals surface area contributed by atoms with Gasteiger partial charge in [0.2, 0.25) is 17.2 Å². The van der Waals surface area contributed by atoms with Gasteiger partial charge in [-0.2, -0.15) is 15.0 Å². The number of halogens is 1. The van der Waals surface area contributed by atoms with Gasteiger partial charge in [-0.25, -0.2) is 0 Å². The molecule has 102 valence electrons. The molecule has 7 nitrogen and oxygen atoms in total. The fraction of sp³-hybridized carbons (Fsp3) is 0.700. The van der Waals surface area contributed by atoms with E-state index in [1.807, 2.05) is 6.92 Å². The minimum Gasteiger partial charge on any atom is -0.394 e. The maximum atomic E-state index is 9.18. The Kier molecular flexibility index (Phi) is 5.52. The summed E-state index contributed by atoms with van der Waals surface area (Å²) in [5.41, 5.74) is -0.910. The Balaban J connectivity index is 2.85. The van der Waals surface area contributed by atoms with Crippen LogP contribution in [0.2, 0.25) is 5.28 Å². The third kappa shape index (κ3) is 4.25. The summed E-state index contributed by atoms with van der Waals surface area (Å²) >= 11 is 5.78. The van der Waals surface area contributed by atoms with E-state index in [0.29, 0.717) is 5.95 Å². The van der Waals surface area contributed by atoms with E-state index in [1.165, 1.54) is 0 Å². The Morgan fingerprint density at radius 3 is 2.33 bits per heavy atom. The number of aliphatic hydroxyl groups is 2. The lowest BCUT2D eigenvalue weighted by molar-refractivity contribution is 0.147. The highest BCUT2D eigenvalue weighted by molar-refractivity contribution is 6.28. The summed E-state index contributed by atoms with van der Waals surface area (Å²) in [4.78, 5) is 11.9. The zero-order valence-electron chi connectivity index (χ0n) is 10.4. The van der Waals surface area contributed by atoms with Crippen LogP contribution in [-0.2, 0) is 0 Å². The van der Waals surface area contributed by atoms with Gasteiger partial charge in [0.15, 0.2) is 0 Å². The molecule has 0 saturated carbocycles. The Morgan fingerprint density at radius 1 is 1.17 bits per heavy atom. The molecule has 0 aromatic carbocycles. The first kappa shape index (κ1) is 14.9. The standard InChI is InChI=1S/C10H18ClN5O2/c1-3-4-12-8-13-7(11)14-9(15-8)16-10(2,5-17)6-18/h17-18H,3-6H2,1-2H3,(H2,12,13,14,15,16). The van der Waals surface area contributed by atoms with E-state index >= 15 is 0 Å². The zero-order valence-corrected chi connectivity index (χ0v) is 11.2. The number of nitrogens with zero attached hydrogens (tertiary/aromatic N) is 3. The minimum absolute atomic E-state index is 0.0457. The molecule has 1 heterocycles. The fourth-order valence-corrected chi connectivity index (χ4v) is 1.28. The summed E-state index contributed by atoms with van der Waals surface area (Å²) in [6, 6.07) is 0. The predicted molar refractivity (Wildman–Crippen MR) is 69.8 cm³/mol. The number of hydrogen-bond acceptors (Lipinski definition) is 7. The molecule has 4 N–H and O–H groups in total. The molecule has 1 rings (SSSR count). The third-order valence-electron chi connectivity index (χ3n) is 2.25. The summed E-state index contributed by atoms with van der Waals surface area (Å²) in [5.74, 6) is 0.566. The molecule has 0 unspecified atom stereocenters. The van der Waals surface area contributed by atoms with Crippen LogP contribution in [0, 0.1) is 0 Å². The van der Waals surface area contributed by atoms with Gasteiger partial charge in [-0.3, -0.25) is 0 Å². The lowest BCUT2D eigenvalue weighted by atomic mass is 10.1. The molecule has 0 bridgehead atoms. The average Bonchev–Trinajstić information content (AvgIpc) is 2.35.